The number of methoxy groups -OCH3 is 2. The molecule has 43 heavy (non-hydrogen) atoms. The second-order valence-corrected chi connectivity index (χ2v) is 16.5. The van der Waals surface area contributed by atoms with Gasteiger partial charge in [0.1, 0.15) is 5.75 Å². The smallest absolute Gasteiger partial charge is 0.312 e. The van der Waals surface area contributed by atoms with Gasteiger partial charge in [-0.2, -0.15) is 0 Å². The Morgan fingerprint density at radius 2 is 1.63 bits per heavy atom. The third-order valence-corrected chi connectivity index (χ3v) is 14.7. The number of benzene rings is 1. The maximum Gasteiger partial charge on any atom is 0.312 e. The molecule has 1 aromatic carbocycles. The van der Waals surface area contributed by atoms with Gasteiger partial charge in [-0.05, 0) is 128 Å². The number of hydrogen-bond donors (Lipinski definition) is 0. The summed E-state index contributed by atoms with van der Waals surface area (Å²) in [5.74, 6) is 3.19. The number of ether oxygens (including phenoxy) is 2. The first-order valence-electron chi connectivity index (χ1n) is 16.8. The third-order valence-electron chi connectivity index (χ3n) is 14.7. The largest absolute Gasteiger partial charge is 0.496 e. The summed E-state index contributed by atoms with van der Waals surface area (Å²) < 4.78 is 11.2. The van der Waals surface area contributed by atoms with E-state index in [-0.39, 0.29) is 27.6 Å². The number of allylic oxidation sites excluding steroid dienone is 2. The van der Waals surface area contributed by atoms with E-state index in [2.05, 4.69) is 60.3 Å². The number of esters is 1. The van der Waals surface area contributed by atoms with Crippen LogP contribution in [0.5, 0.6) is 5.75 Å². The minimum absolute atomic E-state index is 0.0184. The fourth-order valence-electron chi connectivity index (χ4n) is 12.7. The molecule has 0 spiro atoms. The second kappa shape index (κ2) is 10.1. The highest BCUT2D eigenvalue weighted by Crippen LogP contribution is 2.77. The molecule has 0 bridgehead atoms. The fraction of sp³-hybridized carbons (Fsp3) is 0.692. The molecule has 6 rings (SSSR count). The quantitative estimate of drug-likeness (QED) is 0.201. The van der Waals surface area contributed by atoms with Crippen LogP contribution in [0.3, 0.4) is 0 Å². The summed E-state index contributed by atoms with van der Waals surface area (Å²) in [5, 5.41) is 0. The van der Waals surface area contributed by atoms with Crippen molar-refractivity contribution in [2.24, 2.45) is 56.7 Å². The molecule has 5 saturated carbocycles. The molecule has 5 fully saturated rings. The predicted molar refractivity (Wildman–Crippen MR) is 172 cm³/mol. The lowest BCUT2D eigenvalue weighted by Gasteiger charge is -2.72. The summed E-state index contributed by atoms with van der Waals surface area (Å²) in [6, 6.07) is 8.05. The molecular formula is C39H54O4. The van der Waals surface area contributed by atoms with E-state index < -0.39 is 5.41 Å². The lowest BCUT2D eigenvalue weighted by atomic mass is 9.32. The Morgan fingerprint density at radius 3 is 2.30 bits per heavy atom. The summed E-state index contributed by atoms with van der Waals surface area (Å²) in [6.07, 6.45) is 11.5. The Morgan fingerprint density at radius 1 is 0.907 bits per heavy atom. The molecule has 4 nitrogen and oxygen atoms in total. The van der Waals surface area contributed by atoms with Crippen LogP contribution in [0.2, 0.25) is 0 Å². The Balaban J connectivity index is 1.42. The van der Waals surface area contributed by atoms with Gasteiger partial charge in [0, 0.05) is 11.0 Å². The van der Waals surface area contributed by atoms with Crippen molar-refractivity contribution in [1.29, 1.82) is 0 Å². The van der Waals surface area contributed by atoms with Crippen LogP contribution in [0.4, 0.5) is 0 Å². The summed E-state index contributed by atoms with van der Waals surface area (Å²) in [7, 11) is 3.29. The molecule has 5 aliphatic rings. The fourth-order valence-corrected chi connectivity index (χ4v) is 12.7. The van der Waals surface area contributed by atoms with E-state index in [0.29, 0.717) is 35.4 Å². The van der Waals surface area contributed by atoms with Crippen LogP contribution in [-0.2, 0) is 14.3 Å². The van der Waals surface area contributed by atoms with E-state index >= 15 is 0 Å². The van der Waals surface area contributed by atoms with Gasteiger partial charge in [0.25, 0.3) is 0 Å². The SMILES string of the molecule is C=C(C)[C@@H]1CC[C@]2(C(=O)OC)CC[C@]3(C)[C@H](CC[C@@H]4[C@@]5(C)C/C(=C\c6ccccc6OC)C(=O)C(C)(C)[C@H]5CC[C@]43C)[C@H]12. The number of ketones is 1. The zero-order chi connectivity index (χ0) is 31.2. The highest BCUT2D eigenvalue weighted by molar-refractivity contribution is 6.04. The summed E-state index contributed by atoms with van der Waals surface area (Å²) in [4.78, 5) is 27.7. The minimum Gasteiger partial charge on any atom is -0.496 e. The average Bonchev–Trinajstić information content (AvgIpc) is 3.37. The highest BCUT2D eigenvalue weighted by Gasteiger charge is 2.72. The van der Waals surface area contributed by atoms with Crippen molar-refractivity contribution >= 4 is 17.8 Å². The molecule has 0 amide bonds. The minimum atomic E-state index is -0.414. The number of para-hydroxylation sites is 1. The van der Waals surface area contributed by atoms with Crippen LogP contribution in [-0.4, -0.2) is 26.0 Å². The van der Waals surface area contributed by atoms with E-state index in [0.717, 1.165) is 74.7 Å². The average molecular weight is 587 g/mol. The van der Waals surface area contributed by atoms with E-state index in [1.807, 2.05) is 18.2 Å². The Labute approximate surface area is 260 Å². The van der Waals surface area contributed by atoms with Crippen molar-refractivity contribution in [1.82, 2.24) is 0 Å². The molecule has 9 atom stereocenters. The van der Waals surface area contributed by atoms with Crippen LogP contribution >= 0.6 is 0 Å². The predicted octanol–water partition coefficient (Wildman–Crippen LogP) is 9.09. The van der Waals surface area contributed by atoms with Gasteiger partial charge in [-0.15, -0.1) is 0 Å². The van der Waals surface area contributed by atoms with Crippen molar-refractivity contribution in [2.75, 3.05) is 14.2 Å². The van der Waals surface area contributed by atoms with E-state index in [4.69, 9.17) is 9.47 Å². The van der Waals surface area contributed by atoms with Crippen LogP contribution in [0.15, 0.2) is 42.0 Å². The standard InChI is InChI=1S/C39H54O4/c1-24(2)27-16-19-39(34(41)43-9)21-20-37(6)28(32(27)39)14-15-31-36(5)23-26(22-25-12-10-11-13-29(25)42-8)33(40)35(3,4)30(36)17-18-38(31,37)7/h10-13,22,27-28,30-32H,1,14-21,23H2,2-9H3/b26-22+/t27-,28+,30+,31+,32-,36-,37+,38+,39-/m0/s1. The van der Waals surface area contributed by atoms with E-state index in [1.54, 1.807) is 14.2 Å². The summed E-state index contributed by atoms with van der Waals surface area (Å²) >= 11 is 0. The van der Waals surface area contributed by atoms with Crippen LogP contribution in [0.25, 0.3) is 6.08 Å². The Hall–Kier alpha value is -2.36. The zero-order valence-corrected chi connectivity index (χ0v) is 28.0. The number of rotatable bonds is 4. The van der Waals surface area contributed by atoms with Crippen molar-refractivity contribution in [2.45, 2.75) is 99.3 Å². The number of hydrogen-bond acceptors (Lipinski definition) is 4. The Bertz CT molecular complexity index is 1370. The van der Waals surface area contributed by atoms with Crippen molar-refractivity contribution in [3.05, 3.63) is 47.6 Å². The van der Waals surface area contributed by atoms with Crippen molar-refractivity contribution < 1.29 is 19.1 Å². The summed E-state index contributed by atoms with van der Waals surface area (Å²) in [6.45, 7) is 18.8. The molecule has 1 aromatic rings. The van der Waals surface area contributed by atoms with Gasteiger partial charge in [0.05, 0.1) is 19.6 Å². The van der Waals surface area contributed by atoms with Crippen molar-refractivity contribution in [3.63, 3.8) is 0 Å². The zero-order valence-electron chi connectivity index (χ0n) is 28.0. The van der Waals surface area contributed by atoms with Gasteiger partial charge in [0.15, 0.2) is 5.78 Å². The maximum atomic E-state index is 14.2. The van der Waals surface area contributed by atoms with Gasteiger partial charge < -0.3 is 9.47 Å². The molecule has 0 heterocycles. The van der Waals surface area contributed by atoms with E-state index in [9.17, 15) is 9.59 Å². The lowest BCUT2D eigenvalue weighted by molar-refractivity contribution is -0.232. The molecule has 0 aromatic heterocycles. The van der Waals surface area contributed by atoms with Crippen LogP contribution in [0, 0.1) is 56.7 Å². The molecule has 4 heteroatoms. The number of carbonyl (C=O) groups is 2. The Kier molecular flexibility index (Phi) is 7.18. The molecule has 234 valence electrons. The number of carbonyl (C=O) groups excluding carboxylic acids is 2. The lowest BCUT2D eigenvalue weighted by Crippen LogP contribution is -2.67. The first-order chi connectivity index (χ1) is 20.2. The normalized spacial score (nSPS) is 44.0. The second-order valence-electron chi connectivity index (χ2n) is 16.5. The molecule has 0 aliphatic heterocycles. The number of Topliss-reactive ketones (excluding diaryl/α,β-unsaturated/α-hetero) is 1. The van der Waals surface area contributed by atoms with Gasteiger partial charge >= 0.3 is 5.97 Å². The van der Waals surface area contributed by atoms with Crippen LogP contribution < -0.4 is 4.74 Å². The molecule has 0 unspecified atom stereocenters. The molecule has 0 radical (unpaired) electrons. The molecular weight excluding hydrogens is 532 g/mol. The molecule has 0 N–H and O–H groups in total. The molecule has 5 aliphatic carbocycles. The topological polar surface area (TPSA) is 52.6 Å². The molecule has 0 saturated heterocycles. The van der Waals surface area contributed by atoms with Crippen LogP contribution in [0.1, 0.15) is 105 Å². The summed E-state index contributed by atoms with van der Waals surface area (Å²) in [5.41, 5.74) is 2.68. The van der Waals surface area contributed by atoms with Crippen molar-refractivity contribution in [3.8, 4) is 5.75 Å². The first kappa shape index (κ1) is 30.7. The van der Waals surface area contributed by atoms with E-state index in [1.165, 1.54) is 5.57 Å². The highest BCUT2D eigenvalue weighted by atomic mass is 16.5. The van der Waals surface area contributed by atoms with Gasteiger partial charge in [-0.1, -0.05) is 65.0 Å². The van der Waals surface area contributed by atoms with Gasteiger partial charge in [-0.25, -0.2) is 0 Å². The number of fused-ring (bicyclic) bond motifs is 7. The van der Waals surface area contributed by atoms with Gasteiger partial charge in [0.2, 0.25) is 0 Å². The maximum absolute atomic E-state index is 14.2. The third kappa shape index (κ3) is 3.99. The van der Waals surface area contributed by atoms with Gasteiger partial charge in [-0.3, -0.25) is 9.59 Å². The first-order valence-corrected chi connectivity index (χ1v) is 16.8. The monoisotopic (exact) mass is 586 g/mol.